The number of carbonyl (C=O) groups excluding carboxylic acids is 2. The summed E-state index contributed by atoms with van der Waals surface area (Å²) in [4.78, 5) is 35.0. The predicted molar refractivity (Wildman–Crippen MR) is 167 cm³/mol. The van der Waals surface area contributed by atoms with Gasteiger partial charge in [-0.1, -0.05) is 41.5 Å². The van der Waals surface area contributed by atoms with Crippen LogP contribution in [0.25, 0.3) is 16.9 Å². The number of nitrogens with one attached hydrogen (secondary N) is 2. The number of hydrogen-bond acceptors (Lipinski definition) is 7. The van der Waals surface area contributed by atoms with Gasteiger partial charge >= 0.3 is 6.03 Å². The normalized spacial score (nSPS) is 15.3. The summed E-state index contributed by atoms with van der Waals surface area (Å²) in [6.07, 6.45) is 5.83. The van der Waals surface area contributed by atoms with E-state index >= 15 is 0 Å². The Hall–Kier alpha value is -4.77. The van der Waals surface area contributed by atoms with Gasteiger partial charge in [0.05, 0.1) is 35.9 Å². The van der Waals surface area contributed by atoms with Crippen molar-refractivity contribution in [2.24, 2.45) is 5.73 Å². The molecule has 0 radical (unpaired) electrons. The average molecular weight is 580 g/mol. The molecule has 0 aliphatic carbocycles. The number of aromatic nitrogens is 4. The summed E-state index contributed by atoms with van der Waals surface area (Å²) in [6.45, 7) is 4.70. The van der Waals surface area contributed by atoms with E-state index in [1.807, 2.05) is 47.4 Å². The molecule has 0 unspecified atom stereocenters. The molecule has 0 spiro atoms. The maximum Gasteiger partial charge on any atom is 0.327 e. The smallest absolute Gasteiger partial charge is 0.327 e. The van der Waals surface area contributed by atoms with Gasteiger partial charge in [0.2, 0.25) is 5.91 Å². The van der Waals surface area contributed by atoms with Gasteiger partial charge in [-0.3, -0.25) is 9.69 Å². The van der Waals surface area contributed by atoms with Gasteiger partial charge in [0.25, 0.3) is 0 Å². The number of amides is 3. The molecule has 1 fully saturated rings. The third-order valence-electron chi connectivity index (χ3n) is 7.96. The van der Waals surface area contributed by atoms with Crippen LogP contribution in [0.5, 0.6) is 0 Å². The number of carbonyl (C=O) groups is 2. The molecular weight excluding hydrogens is 542 g/mol. The molecule has 11 heteroatoms. The Morgan fingerprint density at radius 1 is 1.05 bits per heavy atom. The number of aryl methyl sites for hydroxylation is 1. The van der Waals surface area contributed by atoms with Crippen LogP contribution in [0.3, 0.4) is 0 Å². The molecule has 1 saturated heterocycles. The summed E-state index contributed by atoms with van der Waals surface area (Å²) in [5, 5.41) is 14.4. The van der Waals surface area contributed by atoms with E-state index in [0.29, 0.717) is 36.7 Å². The van der Waals surface area contributed by atoms with Gasteiger partial charge < -0.3 is 21.3 Å². The van der Waals surface area contributed by atoms with Crippen LogP contribution in [0.4, 0.5) is 22.0 Å². The Kier molecular flexibility index (Phi) is 8.32. The lowest BCUT2D eigenvalue weighted by Gasteiger charge is -2.36. The number of benzene rings is 2. The Labute approximate surface area is 251 Å². The highest BCUT2D eigenvalue weighted by Crippen LogP contribution is 2.40. The molecule has 1 atom stereocenters. The third-order valence-corrected chi connectivity index (χ3v) is 7.96. The molecule has 222 valence electrons. The minimum absolute atomic E-state index is 0.0126. The maximum absolute atomic E-state index is 13.8. The summed E-state index contributed by atoms with van der Waals surface area (Å²) in [5.74, 6) is 0.671. The number of anilines is 3. The number of fused-ring (bicyclic) bond motifs is 4. The molecule has 43 heavy (non-hydrogen) atoms. The lowest BCUT2D eigenvalue weighted by atomic mass is 10.1. The maximum atomic E-state index is 13.8. The zero-order valence-electron chi connectivity index (χ0n) is 24.4. The van der Waals surface area contributed by atoms with Crippen molar-refractivity contribution in [2.45, 2.75) is 51.6 Å². The molecule has 0 saturated carbocycles. The summed E-state index contributed by atoms with van der Waals surface area (Å²) in [7, 11) is 0. The fourth-order valence-electron chi connectivity index (χ4n) is 5.74. The van der Waals surface area contributed by atoms with Crippen molar-refractivity contribution in [3.63, 3.8) is 0 Å². The van der Waals surface area contributed by atoms with E-state index in [9.17, 15) is 9.59 Å². The van der Waals surface area contributed by atoms with Gasteiger partial charge in [-0.15, -0.1) is 5.10 Å². The van der Waals surface area contributed by atoms with E-state index < -0.39 is 0 Å². The van der Waals surface area contributed by atoms with Gasteiger partial charge in [0, 0.05) is 30.8 Å². The summed E-state index contributed by atoms with van der Waals surface area (Å²) in [6, 6.07) is 19.7. The van der Waals surface area contributed by atoms with E-state index in [2.05, 4.69) is 51.0 Å². The number of rotatable bonds is 10. The van der Waals surface area contributed by atoms with Gasteiger partial charge in [-0.25, -0.2) is 14.5 Å². The molecule has 6 rings (SSSR count). The van der Waals surface area contributed by atoms with Crippen LogP contribution in [-0.4, -0.2) is 57.6 Å². The number of nitrogens with zero attached hydrogens (tertiary/aromatic N) is 6. The van der Waals surface area contributed by atoms with Crippen molar-refractivity contribution >= 4 is 29.1 Å². The first kappa shape index (κ1) is 28.4. The van der Waals surface area contributed by atoms with Crippen LogP contribution in [0.2, 0.25) is 0 Å². The molecule has 2 aromatic carbocycles. The SMILES string of the molecule is Cc1cccc(-c2ccc3c(n2)N(C(=O)Nc2cccc(-n4cc(CNC(=O)CCCCCN)nn4)c2)[C@H]2CCN3C2)c1. The van der Waals surface area contributed by atoms with Crippen molar-refractivity contribution in [1.29, 1.82) is 0 Å². The van der Waals surface area contributed by atoms with Crippen LogP contribution in [0.15, 0.2) is 66.9 Å². The second-order valence-electron chi connectivity index (χ2n) is 11.2. The van der Waals surface area contributed by atoms with Crippen molar-refractivity contribution in [2.75, 3.05) is 34.8 Å². The summed E-state index contributed by atoms with van der Waals surface area (Å²) in [5.41, 5.74) is 11.6. The molecule has 4 aromatic rings. The highest BCUT2D eigenvalue weighted by molar-refractivity contribution is 6.05. The molecule has 2 aromatic heterocycles. The van der Waals surface area contributed by atoms with Crippen molar-refractivity contribution in [3.8, 4) is 16.9 Å². The molecular formula is C32H37N9O2. The number of urea groups is 1. The first-order valence-corrected chi connectivity index (χ1v) is 14.9. The van der Waals surface area contributed by atoms with Gasteiger partial charge in [0.1, 0.15) is 5.69 Å². The van der Waals surface area contributed by atoms with Gasteiger partial charge in [-0.2, -0.15) is 0 Å². The van der Waals surface area contributed by atoms with Crippen molar-refractivity contribution < 1.29 is 9.59 Å². The molecule has 2 bridgehead atoms. The Morgan fingerprint density at radius 2 is 1.93 bits per heavy atom. The molecule has 4 heterocycles. The lowest BCUT2D eigenvalue weighted by Crippen LogP contribution is -2.48. The van der Waals surface area contributed by atoms with Crippen molar-refractivity contribution in [3.05, 3.63) is 78.1 Å². The molecule has 11 nitrogen and oxygen atoms in total. The molecule has 2 aliphatic heterocycles. The molecule has 2 aliphatic rings. The van der Waals surface area contributed by atoms with Crippen LogP contribution >= 0.6 is 0 Å². The number of unbranched alkanes of at least 4 members (excludes halogenated alkanes) is 2. The summed E-state index contributed by atoms with van der Waals surface area (Å²) < 4.78 is 1.64. The van der Waals surface area contributed by atoms with E-state index in [1.165, 1.54) is 0 Å². The fourth-order valence-corrected chi connectivity index (χ4v) is 5.74. The van der Waals surface area contributed by atoms with Crippen LogP contribution in [0.1, 0.15) is 43.4 Å². The Morgan fingerprint density at radius 3 is 2.79 bits per heavy atom. The van der Waals surface area contributed by atoms with Crippen molar-refractivity contribution in [1.82, 2.24) is 25.3 Å². The lowest BCUT2D eigenvalue weighted by molar-refractivity contribution is -0.121. The van der Waals surface area contributed by atoms with Crippen LogP contribution in [-0.2, 0) is 11.3 Å². The van der Waals surface area contributed by atoms with Crippen LogP contribution in [0, 0.1) is 6.92 Å². The van der Waals surface area contributed by atoms with Crippen LogP contribution < -0.4 is 26.2 Å². The van der Waals surface area contributed by atoms with Gasteiger partial charge in [-0.05, 0) is 69.1 Å². The third kappa shape index (κ3) is 6.36. The zero-order valence-corrected chi connectivity index (χ0v) is 24.4. The highest BCUT2D eigenvalue weighted by atomic mass is 16.2. The zero-order chi connectivity index (χ0) is 29.8. The molecule has 3 amide bonds. The predicted octanol–water partition coefficient (Wildman–Crippen LogP) is 4.40. The fraction of sp³-hybridized carbons (Fsp3) is 0.344. The second-order valence-corrected chi connectivity index (χ2v) is 11.2. The van der Waals surface area contributed by atoms with E-state index in [0.717, 1.165) is 67.0 Å². The monoisotopic (exact) mass is 579 g/mol. The highest BCUT2D eigenvalue weighted by Gasteiger charge is 2.40. The Balaban J connectivity index is 1.15. The minimum atomic E-state index is -0.215. The quantitative estimate of drug-likeness (QED) is 0.237. The first-order chi connectivity index (χ1) is 21.0. The van der Waals surface area contributed by atoms with E-state index in [4.69, 9.17) is 10.7 Å². The number of hydrogen-bond donors (Lipinski definition) is 3. The number of pyridine rings is 1. The topological polar surface area (TPSA) is 134 Å². The van der Waals surface area contributed by atoms with E-state index in [1.54, 1.807) is 10.9 Å². The minimum Gasteiger partial charge on any atom is -0.366 e. The largest absolute Gasteiger partial charge is 0.366 e. The summed E-state index contributed by atoms with van der Waals surface area (Å²) >= 11 is 0. The van der Waals surface area contributed by atoms with E-state index in [-0.39, 0.29) is 18.0 Å². The number of nitrogens with two attached hydrogens (primary N) is 1. The first-order valence-electron chi connectivity index (χ1n) is 14.9. The Bertz CT molecular complexity index is 1620. The standard InChI is InChI=1S/C32H37N9O2/c1-22-7-5-8-23(17-22)28-12-13-29-31(36-28)41(27-14-16-39(29)21-27)32(43)35-24-9-6-10-26(18-24)40-20-25(37-38-40)19-34-30(42)11-3-2-4-15-33/h5-10,12-13,17-18,20,27H,2-4,11,14-16,19,21,33H2,1H3,(H,34,42)(H,35,43)/t27-/m0/s1. The average Bonchev–Trinajstić information content (AvgIpc) is 3.66. The van der Waals surface area contributed by atoms with Gasteiger partial charge in [0.15, 0.2) is 5.82 Å². The molecule has 4 N–H and O–H groups in total. The second kappa shape index (κ2) is 12.6.